The molecule has 1 aliphatic rings. The van der Waals surface area contributed by atoms with Gasteiger partial charge in [0.15, 0.2) is 0 Å². The predicted octanol–water partition coefficient (Wildman–Crippen LogP) is 10.5. The van der Waals surface area contributed by atoms with Crippen LogP contribution >= 0.6 is 22.7 Å². The summed E-state index contributed by atoms with van der Waals surface area (Å²) < 4.78 is 3.95. The minimum absolute atomic E-state index is 0.0449. The van der Waals surface area contributed by atoms with Gasteiger partial charge in [0.05, 0.1) is 21.8 Å². The highest BCUT2D eigenvalue weighted by atomic mass is 32.1. The van der Waals surface area contributed by atoms with Crippen molar-refractivity contribution in [1.82, 2.24) is 4.98 Å². The van der Waals surface area contributed by atoms with E-state index in [-0.39, 0.29) is 6.17 Å². The Morgan fingerprint density at radius 1 is 0.675 bits per heavy atom. The number of benzene rings is 5. The fourth-order valence-corrected chi connectivity index (χ4v) is 8.96. The third kappa shape index (κ3) is 3.02. The van der Waals surface area contributed by atoms with Crippen molar-refractivity contribution in [1.29, 1.82) is 0 Å². The number of aryl methyl sites for hydroxylation is 1. The average Bonchev–Trinajstić information content (AvgIpc) is 3.69. The topological polar surface area (TPSA) is 28.2 Å². The standard InChI is InChI=1S/C35H23N3S2/c1-20-17-18-28(33-30(20)23-11-4-7-16-29(23)39-33)38-27-15-6-5-14-26(27)37-34(38)25-13-8-12-24-31-22-10-3-2-9-21(22)19-36-35(31)40-32(24)25/h2-19,34,37H,1H3. The maximum atomic E-state index is 4.89. The lowest BCUT2D eigenvalue weighted by molar-refractivity contribution is 0.841. The van der Waals surface area contributed by atoms with Gasteiger partial charge in [-0.1, -0.05) is 78.9 Å². The summed E-state index contributed by atoms with van der Waals surface area (Å²) in [6.45, 7) is 2.23. The zero-order valence-electron chi connectivity index (χ0n) is 21.7. The summed E-state index contributed by atoms with van der Waals surface area (Å²) in [6.07, 6.45) is 1.96. The number of pyridine rings is 1. The van der Waals surface area contributed by atoms with Gasteiger partial charge >= 0.3 is 0 Å². The van der Waals surface area contributed by atoms with Crippen LogP contribution < -0.4 is 10.2 Å². The monoisotopic (exact) mass is 549 g/mol. The largest absolute Gasteiger partial charge is 0.359 e. The van der Waals surface area contributed by atoms with Gasteiger partial charge in [-0.25, -0.2) is 4.98 Å². The van der Waals surface area contributed by atoms with Crippen molar-refractivity contribution < 1.29 is 0 Å². The molecule has 1 unspecified atom stereocenters. The van der Waals surface area contributed by atoms with Gasteiger partial charge in [-0.2, -0.15) is 0 Å². The Balaban J connectivity index is 1.33. The number of para-hydroxylation sites is 2. The van der Waals surface area contributed by atoms with Crippen LogP contribution in [0.15, 0.2) is 109 Å². The van der Waals surface area contributed by atoms with Gasteiger partial charge in [-0.05, 0) is 42.1 Å². The first-order valence-corrected chi connectivity index (χ1v) is 15.1. The molecule has 190 valence electrons. The maximum Gasteiger partial charge on any atom is 0.132 e. The second-order valence-corrected chi connectivity index (χ2v) is 12.5. The van der Waals surface area contributed by atoms with Crippen LogP contribution in [-0.2, 0) is 0 Å². The maximum absolute atomic E-state index is 4.89. The first-order chi connectivity index (χ1) is 19.8. The van der Waals surface area contributed by atoms with E-state index >= 15 is 0 Å². The fourth-order valence-electron chi connectivity index (χ4n) is 6.47. The third-order valence-electron chi connectivity index (χ3n) is 8.26. The summed E-state index contributed by atoms with van der Waals surface area (Å²) in [5.74, 6) is 0. The number of nitrogens with one attached hydrogen (secondary N) is 1. The molecule has 0 saturated heterocycles. The highest BCUT2D eigenvalue weighted by molar-refractivity contribution is 7.26. The summed E-state index contributed by atoms with van der Waals surface area (Å²) in [6, 6.07) is 37.4. The van der Waals surface area contributed by atoms with Crippen LogP contribution in [0.2, 0.25) is 0 Å². The molecule has 1 N–H and O–H groups in total. The lowest BCUT2D eigenvalue weighted by Gasteiger charge is -2.28. The quantitative estimate of drug-likeness (QED) is 0.232. The number of thiophene rings is 2. The number of rotatable bonds is 2. The van der Waals surface area contributed by atoms with E-state index in [2.05, 4.69) is 120 Å². The highest BCUT2D eigenvalue weighted by Gasteiger charge is 2.34. The summed E-state index contributed by atoms with van der Waals surface area (Å²) in [5, 5.41) is 11.6. The fraction of sp³-hybridized carbons (Fsp3) is 0.0571. The number of hydrogen-bond donors (Lipinski definition) is 1. The molecule has 9 rings (SSSR count). The molecule has 40 heavy (non-hydrogen) atoms. The number of anilines is 3. The van der Waals surface area contributed by atoms with E-state index < -0.39 is 0 Å². The van der Waals surface area contributed by atoms with Crippen molar-refractivity contribution in [2.45, 2.75) is 13.1 Å². The van der Waals surface area contributed by atoms with Crippen molar-refractivity contribution in [2.24, 2.45) is 0 Å². The Kier molecular flexibility index (Phi) is 4.63. The van der Waals surface area contributed by atoms with E-state index in [1.54, 1.807) is 11.3 Å². The predicted molar refractivity (Wildman–Crippen MR) is 174 cm³/mol. The normalized spacial score (nSPS) is 15.0. The Morgan fingerprint density at radius 3 is 2.42 bits per heavy atom. The molecule has 0 bridgehead atoms. The van der Waals surface area contributed by atoms with Gasteiger partial charge in [0.25, 0.3) is 0 Å². The Bertz CT molecular complexity index is 2290. The molecule has 0 aliphatic carbocycles. The first kappa shape index (κ1) is 22.4. The molecule has 3 aromatic heterocycles. The van der Waals surface area contributed by atoms with Gasteiger partial charge in [0, 0.05) is 48.1 Å². The van der Waals surface area contributed by atoms with Crippen LogP contribution in [0.25, 0.3) is 51.2 Å². The molecule has 5 aromatic carbocycles. The molecule has 4 heterocycles. The van der Waals surface area contributed by atoms with E-state index in [1.807, 2.05) is 17.5 Å². The molecular formula is C35H23N3S2. The number of aromatic nitrogens is 1. The molecule has 0 fully saturated rings. The first-order valence-electron chi connectivity index (χ1n) is 13.5. The van der Waals surface area contributed by atoms with Crippen molar-refractivity contribution in [2.75, 3.05) is 10.2 Å². The van der Waals surface area contributed by atoms with Gasteiger partial charge in [-0.15, -0.1) is 22.7 Å². The molecular weight excluding hydrogens is 527 g/mol. The molecule has 5 heteroatoms. The SMILES string of the molecule is Cc1ccc(N2c3ccccc3NC2c2cccc3c2sc2ncc4ccccc4c23)c2sc3ccccc3c12. The van der Waals surface area contributed by atoms with Crippen molar-refractivity contribution in [3.05, 3.63) is 120 Å². The van der Waals surface area contributed by atoms with Gasteiger partial charge < -0.3 is 10.2 Å². The van der Waals surface area contributed by atoms with Crippen molar-refractivity contribution >= 4 is 91.0 Å². The summed E-state index contributed by atoms with van der Waals surface area (Å²) >= 11 is 3.69. The number of hydrogen-bond acceptors (Lipinski definition) is 5. The number of fused-ring (bicyclic) bond motifs is 9. The van der Waals surface area contributed by atoms with Gasteiger partial charge in [0.1, 0.15) is 11.0 Å². The second kappa shape index (κ2) is 8.28. The van der Waals surface area contributed by atoms with E-state index in [1.165, 1.54) is 68.9 Å². The summed E-state index contributed by atoms with van der Waals surface area (Å²) in [5.41, 5.74) is 6.19. The van der Waals surface area contributed by atoms with Gasteiger partial charge in [-0.3, -0.25) is 0 Å². The van der Waals surface area contributed by atoms with Crippen molar-refractivity contribution in [3.8, 4) is 0 Å². The minimum Gasteiger partial charge on any atom is -0.359 e. The van der Waals surface area contributed by atoms with Crippen LogP contribution in [-0.4, -0.2) is 4.98 Å². The van der Waals surface area contributed by atoms with Crippen LogP contribution in [0.4, 0.5) is 17.1 Å². The van der Waals surface area contributed by atoms with Crippen LogP contribution in [0.1, 0.15) is 17.3 Å². The van der Waals surface area contributed by atoms with Gasteiger partial charge in [0.2, 0.25) is 0 Å². The zero-order valence-corrected chi connectivity index (χ0v) is 23.3. The molecule has 0 saturated carbocycles. The average molecular weight is 550 g/mol. The van der Waals surface area contributed by atoms with Crippen molar-refractivity contribution in [3.63, 3.8) is 0 Å². The summed E-state index contributed by atoms with van der Waals surface area (Å²) in [7, 11) is 0. The van der Waals surface area contributed by atoms with Crippen LogP contribution in [0.3, 0.4) is 0 Å². The van der Waals surface area contributed by atoms with E-state index in [9.17, 15) is 0 Å². The van der Waals surface area contributed by atoms with Crippen LogP contribution in [0, 0.1) is 6.92 Å². The Hall–Kier alpha value is -4.45. The molecule has 0 radical (unpaired) electrons. The molecule has 0 amide bonds. The Labute approximate surface area is 238 Å². The molecule has 1 atom stereocenters. The Morgan fingerprint density at radius 2 is 1.48 bits per heavy atom. The van der Waals surface area contributed by atoms with Crippen LogP contribution in [0.5, 0.6) is 0 Å². The highest BCUT2D eigenvalue weighted by Crippen LogP contribution is 2.52. The summed E-state index contributed by atoms with van der Waals surface area (Å²) in [4.78, 5) is 8.49. The lowest BCUT2D eigenvalue weighted by Crippen LogP contribution is -2.23. The van der Waals surface area contributed by atoms with E-state index in [4.69, 9.17) is 4.98 Å². The molecule has 8 aromatic rings. The third-order valence-corrected chi connectivity index (χ3v) is 10.6. The minimum atomic E-state index is -0.0449. The lowest BCUT2D eigenvalue weighted by atomic mass is 10.0. The van der Waals surface area contributed by atoms with E-state index in [0.717, 1.165) is 10.5 Å². The smallest absolute Gasteiger partial charge is 0.132 e. The molecule has 0 spiro atoms. The molecule has 1 aliphatic heterocycles. The zero-order chi connectivity index (χ0) is 26.4. The van der Waals surface area contributed by atoms with E-state index in [0.29, 0.717) is 0 Å². The molecule has 3 nitrogen and oxygen atoms in total. The second-order valence-electron chi connectivity index (χ2n) is 10.5. The number of nitrogens with zero attached hydrogens (tertiary/aromatic N) is 2.